The van der Waals surface area contributed by atoms with Gasteiger partial charge < -0.3 is 34.1 Å². The van der Waals surface area contributed by atoms with Crippen LogP contribution >= 0.6 is 11.8 Å². The monoisotopic (exact) mass is 633 g/mol. The van der Waals surface area contributed by atoms with Crippen molar-refractivity contribution in [1.82, 2.24) is 19.4 Å². The third-order valence-corrected chi connectivity index (χ3v) is 8.82. The zero-order valence-electron chi connectivity index (χ0n) is 23.6. The summed E-state index contributed by atoms with van der Waals surface area (Å²) in [5, 5.41) is 20.8. The maximum absolute atomic E-state index is 15.6. The van der Waals surface area contributed by atoms with Crippen molar-refractivity contribution in [3.63, 3.8) is 0 Å². The number of methoxy groups -OCH3 is 1. The number of rotatable bonds is 11. The number of nitrogens with one attached hydrogen (secondary N) is 1. The highest BCUT2D eigenvalue weighted by molar-refractivity contribution is 7.99. The normalized spacial score (nSPS) is 16.6. The molecule has 234 valence electrons. The molecule has 1 unspecified atom stereocenters. The molecule has 1 aliphatic carbocycles. The van der Waals surface area contributed by atoms with Crippen LogP contribution in [0.4, 0.5) is 18.9 Å². The summed E-state index contributed by atoms with van der Waals surface area (Å²) in [5.41, 5.74) is 0.590. The zero-order chi connectivity index (χ0) is 31.1. The first kappa shape index (κ1) is 30.1. The molecule has 1 saturated heterocycles. The number of ether oxygens (including phenoxy) is 2. The molecule has 2 aromatic heterocycles. The fraction of sp³-hybridized carbons (Fsp3) is 0.414. The van der Waals surface area contributed by atoms with Crippen LogP contribution in [0.15, 0.2) is 40.4 Å². The number of H-pyrrole nitrogens is 1. The third-order valence-electron chi connectivity index (χ3n) is 7.80. The average molecular weight is 634 g/mol. The number of anilines is 1. The van der Waals surface area contributed by atoms with E-state index >= 15 is 4.39 Å². The van der Waals surface area contributed by atoms with Gasteiger partial charge in [-0.3, -0.25) is 9.69 Å². The van der Waals surface area contributed by atoms with Crippen molar-refractivity contribution in [2.45, 2.75) is 36.8 Å². The molecule has 0 spiro atoms. The van der Waals surface area contributed by atoms with E-state index in [4.69, 9.17) is 4.74 Å². The molecule has 44 heavy (non-hydrogen) atoms. The van der Waals surface area contributed by atoms with E-state index in [9.17, 15) is 28.6 Å². The number of β-amino-alcohol motifs (C(OH)–C–C–N with tert-alkyl or cyclic N) is 1. The van der Waals surface area contributed by atoms with E-state index in [1.54, 1.807) is 10.6 Å². The van der Waals surface area contributed by atoms with Gasteiger partial charge in [0.25, 0.3) is 0 Å². The number of carbonyl (C=O) groups is 1. The molecule has 3 heterocycles. The van der Waals surface area contributed by atoms with E-state index < -0.39 is 35.5 Å². The van der Waals surface area contributed by atoms with E-state index in [0.717, 1.165) is 18.9 Å². The summed E-state index contributed by atoms with van der Waals surface area (Å²) in [6, 6.07) is 5.56. The number of aromatic carboxylic acids is 1. The number of carboxylic acid groups (broad SMARTS) is 1. The Bertz CT molecular complexity index is 1770. The van der Waals surface area contributed by atoms with Gasteiger partial charge in [0.15, 0.2) is 16.7 Å². The molecule has 2 aromatic carbocycles. The summed E-state index contributed by atoms with van der Waals surface area (Å²) < 4.78 is 52.4. The van der Waals surface area contributed by atoms with E-state index in [1.165, 1.54) is 37.2 Å². The van der Waals surface area contributed by atoms with Gasteiger partial charge in [-0.1, -0.05) is 11.8 Å². The molecule has 15 heteroatoms. The summed E-state index contributed by atoms with van der Waals surface area (Å²) in [4.78, 5) is 36.0. The summed E-state index contributed by atoms with van der Waals surface area (Å²) in [5.74, 6) is -1.47. The fourth-order valence-electron chi connectivity index (χ4n) is 5.61. The molecular formula is C29H30F3N5O6S. The minimum Gasteiger partial charge on any atom is -0.492 e. The first-order valence-corrected chi connectivity index (χ1v) is 15.0. The molecule has 6 rings (SSSR count). The van der Waals surface area contributed by atoms with Crippen LogP contribution in [-0.2, 0) is 0 Å². The van der Waals surface area contributed by atoms with Crippen molar-refractivity contribution in [1.29, 1.82) is 0 Å². The Balaban J connectivity index is 1.12. The van der Waals surface area contributed by atoms with Crippen LogP contribution in [0.2, 0.25) is 0 Å². The smallest absolute Gasteiger partial charge is 0.387 e. The number of fused-ring (bicyclic) bond motifs is 2. The third kappa shape index (κ3) is 6.03. The number of nitrogens with zero attached hydrogens (tertiary/aromatic N) is 4. The van der Waals surface area contributed by atoms with Crippen molar-refractivity contribution >= 4 is 45.4 Å². The molecule has 1 atom stereocenters. The predicted octanol–water partition coefficient (Wildman–Crippen LogP) is 3.94. The highest BCUT2D eigenvalue weighted by atomic mass is 32.2. The lowest BCUT2D eigenvalue weighted by atomic mass is 10.1. The standard InChI is InChI=1S/C29H30F3N5O6S/c1-42-26-23-18(25(39)19(27(40)41)13-37(23)15-2-3-15)11-20(30)24(26)36-8-6-35(7-9-36)12-16(38)14-44-29-33-21-5-4-17(43-28(31)32)10-22(21)34-29/h4-5,10-11,13,15-16,28,38H,2-3,6-9,12,14H2,1H3,(H,33,34)(H,40,41). The Morgan fingerprint density at radius 3 is 2.61 bits per heavy atom. The van der Waals surface area contributed by atoms with Crippen LogP contribution in [0.5, 0.6) is 11.5 Å². The van der Waals surface area contributed by atoms with Crippen LogP contribution in [0.25, 0.3) is 21.9 Å². The second kappa shape index (κ2) is 12.2. The number of aliphatic hydroxyl groups excluding tert-OH is 1. The van der Waals surface area contributed by atoms with Gasteiger partial charge in [-0.05, 0) is 31.0 Å². The second-order valence-electron chi connectivity index (χ2n) is 10.8. The van der Waals surface area contributed by atoms with Gasteiger partial charge in [-0.2, -0.15) is 8.78 Å². The minimum absolute atomic E-state index is 0.0103. The van der Waals surface area contributed by atoms with Gasteiger partial charge >= 0.3 is 12.6 Å². The zero-order valence-corrected chi connectivity index (χ0v) is 24.5. The maximum Gasteiger partial charge on any atom is 0.387 e. The lowest BCUT2D eigenvalue weighted by molar-refractivity contribution is -0.0497. The van der Waals surface area contributed by atoms with Gasteiger partial charge in [-0.15, -0.1) is 0 Å². The van der Waals surface area contributed by atoms with E-state index in [-0.39, 0.29) is 28.6 Å². The lowest BCUT2D eigenvalue weighted by Gasteiger charge is -2.37. The maximum atomic E-state index is 15.6. The van der Waals surface area contributed by atoms with Crippen LogP contribution in [0.3, 0.4) is 0 Å². The quantitative estimate of drug-likeness (QED) is 0.209. The number of imidazole rings is 1. The average Bonchev–Trinajstić information content (AvgIpc) is 3.75. The van der Waals surface area contributed by atoms with Crippen molar-refractivity contribution in [2.75, 3.05) is 50.5 Å². The van der Waals surface area contributed by atoms with E-state index in [2.05, 4.69) is 19.6 Å². The number of hydrogen-bond donors (Lipinski definition) is 3. The Morgan fingerprint density at radius 2 is 1.95 bits per heavy atom. The first-order chi connectivity index (χ1) is 21.1. The number of alkyl halides is 2. The fourth-order valence-corrected chi connectivity index (χ4v) is 6.41. The number of halogens is 3. The molecule has 1 aliphatic heterocycles. The van der Waals surface area contributed by atoms with Crippen molar-refractivity contribution < 1.29 is 37.7 Å². The molecule has 0 bridgehead atoms. The summed E-state index contributed by atoms with van der Waals surface area (Å²) in [6.07, 6.45) is 2.27. The summed E-state index contributed by atoms with van der Waals surface area (Å²) in [6.45, 7) is -0.599. The number of pyridine rings is 1. The highest BCUT2D eigenvalue weighted by Gasteiger charge is 2.32. The number of benzene rings is 2. The predicted molar refractivity (Wildman–Crippen MR) is 158 cm³/mol. The molecule has 3 N–H and O–H groups in total. The summed E-state index contributed by atoms with van der Waals surface area (Å²) >= 11 is 1.31. The highest BCUT2D eigenvalue weighted by Crippen LogP contribution is 2.43. The van der Waals surface area contributed by atoms with Crippen molar-refractivity contribution in [2.24, 2.45) is 0 Å². The molecular weight excluding hydrogens is 603 g/mol. The molecule has 2 aliphatic rings. The molecule has 4 aromatic rings. The molecule has 1 saturated carbocycles. The largest absolute Gasteiger partial charge is 0.492 e. The lowest BCUT2D eigenvalue weighted by Crippen LogP contribution is -2.49. The molecule has 0 amide bonds. The van der Waals surface area contributed by atoms with Crippen LogP contribution in [0.1, 0.15) is 29.2 Å². The number of aromatic nitrogens is 3. The summed E-state index contributed by atoms with van der Waals surface area (Å²) in [7, 11) is 1.41. The number of aliphatic hydroxyl groups is 1. The van der Waals surface area contributed by atoms with Crippen molar-refractivity contribution in [3.05, 3.63) is 52.1 Å². The SMILES string of the molecule is COc1c(N2CCN(CC(O)CSc3nc4ccc(OC(F)F)cc4[nH]3)CC2)c(F)cc2c(=O)c(C(=O)O)cn(C3CC3)c12. The van der Waals surface area contributed by atoms with Gasteiger partial charge in [0, 0.05) is 56.8 Å². The number of thioether (sulfide) groups is 1. The number of hydrogen-bond acceptors (Lipinski definition) is 9. The molecule has 11 nitrogen and oxygen atoms in total. The van der Waals surface area contributed by atoms with Crippen LogP contribution in [-0.4, -0.2) is 93.9 Å². The van der Waals surface area contributed by atoms with Crippen LogP contribution < -0.4 is 19.8 Å². The Kier molecular flexibility index (Phi) is 8.35. The Morgan fingerprint density at radius 1 is 1.20 bits per heavy atom. The number of aromatic amines is 1. The first-order valence-electron chi connectivity index (χ1n) is 14.0. The minimum atomic E-state index is -2.92. The van der Waals surface area contributed by atoms with E-state index in [0.29, 0.717) is 60.2 Å². The molecule has 0 radical (unpaired) electrons. The van der Waals surface area contributed by atoms with Crippen LogP contribution in [0, 0.1) is 5.82 Å². The molecule has 2 fully saturated rings. The van der Waals surface area contributed by atoms with Gasteiger partial charge in [0.05, 0.1) is 35.2 Å². The number of carboxylic acids is 1. The van der Waals surface area contributed by atoms with Gasteiger partial charge in [0.2, 0.25) is 5.43 Å². The Labute approximate surface area is 253 Å². The number of piperazine rings is 1. The van der Waals surface area contributed by atoms with Gasteiger partial charge in [0.1, 0.15) is 17.0 Å². The Hall–Kier alpha value is -3.95. The van der Waals surface area contributed by atoms with Crippen molar-refractivity contribution in [3.8, 4) is 11.5 Å². The van der Waals surface area contributed by atoms with Gasteiger partial charge in [-0.25, -0.2) is 14.2 Å². The second-order valence-corrected chi connectivity index (χ2v) is 11.8. The van der Waals surface area contributed by atoms with E-state index in [1.807, 2.05) is 4.90 Å². The topological polar surface area (TPSA) is 133 Å².